The predicted molar refractivity (Wildman–Crippen MR) is 86.7 cm³/mol. The van der Waals surface area contributed by atoms with Crippen molar-refractivity contribution in [2.45, 2.75) is 12.5 Å². The van der Waals surface area contributed by atoms with E-state index < -0.39 is 5.97 Å². The SMILES string of the molecule is O=C(O)c1cnc(N2CCC(Oc3ccc(Cl)c(Cl)c3)C2)cn1. The van der Waals surface area contributed by atoms with E-state index in [4.69, 9.17) is 33.0 Å². The first-order chi connectivity index (χ1) is 11.0. The van der Waals surface area contributed by atoms with E-state index in [0.29, 0.717) is 28.2 Å². The second kappa shape index (κ2) is 6.60. The van der Waals surface area contributed by atoms with E-state index in [1.807, 2.05) is 4.90 Å². The highest BCUT2D eigenvalue weighted by molar-refractivity contribution is 6.42. The van der Waals surface area contributed by atoms with Crippen molar-refractivity contribution in [3.63, 3.8) is 0 Å². The summed E-state index contributed by atoms with van der Waals surface area (Å²) >= 11 is 11.9. The van der Waals surface area contributed by atoms with E-state index in [-0.39, 0.29) is 11.8 Å². The maximum atomic E-state index is 10.8. The number of rotatable bonds is 4. The van der Waals surface area contributed by atoms with E-state index in [2.05, 4.69) is 9.97 Å². The number of hydrogen-bond acceptors (Lipinski definition) is 5. The molecule has 1 fully saturated rings. The van der Waals surface area contributed by atoms with Gasteiger partial charge in [-0.25, -0.2) is 14.8 Å². The molecule has 0 bridgehead atoms. The molecule has 8 heteroatoms. The largest absolute Gasteiger partial charge is 0.488 e. The zero-order valence-electron chi connectivity index (χ0n) is 11.9. The summed E-state index contributed by atoms with van der Waals surface area (Å²) in [5.41, 5.74) is -0.0726. The van der Waals surface area contributed by atoms with Crippen molar-refractivity contribution in [2.24, 2.45) is 0 Å². The van der Waals surface area contributed by atoms with Gasteiger partial charge in [0.1, 0.15) is 17.7 Å². The normalized spacial score (nSPS) is 17.3. The van der Waals surface area contributed by atoms with Crippen LogP contribution >= 0.6 is 23.2 Å². The second-order valence-electron chi connectivity index (χ2n) is 5.12. The summed E-state index contributed by atoms with van der Waals surface area (Å²) in [7, 11) is 0. The van der Waals surface area contributed by atoms with Crippen LogP contribution in [0.15, 0.2) is 30.6 Å². The topological polar surface area (TPSA) is 75.5 Å². The second-order valence-corrected chi connectivity index (χ2v) is 5.93. The fourth-order valence-electron chi connectivity index (χ4n) is 2.37. The van der Waals surface area contributed by atoms with E-state index >= 15 is 0 Å². The third-order valence-electron chi connectivity index (χ3n) is 3.52. The van der Waals surface area contributed by atoms with Gasteiger partial charge in [-0.15, -0.1) is 0 Å². The molecular weight excluding hydrogens is 341 g/mol. The van der Waals surface area contributed by atoms with Gasteiger partial charge in [-0.2, -0.15) is 0 Å². The van der Waals surface area contributed by atoms with Crippen LogP contribution in [0.2, 0.25) is 10.0 Å². The quantitative estimate of drug-likeness (QED) is 0.909. The van der Waals surface area contributed by atoms with Crippen LogP contribution in [0.1, 0.15) is 16.9 Å². The lowest BCUT2D eigenvalue weighted by atomic mass is 10.3. The monoisotopic (exact) mass is 353 g/mol. The van der Waals surface area contributed by atoms with E-state index in [1.54, 1.807) is 18.2 Å². The molecule has 0 amide bonds. The van der Waals surface area contributed by atoms with E-state index in [0.717, 1.165) is 13.0 Å². The first kappa shape index (κ1) is 15.8. The minimum Gasteiger partial charge on any atom is -0.488 e. The summed E-state index contributed by atoms with van der Waals surface area (Å²) in [6.07, 6.45) is 3.53. The number of anilines is 1. The first-order valence-electron chi connectivity index (χ1n) is 6.95. The summed E-state index contributed by atoms with van der Waals surface area (Å²) in [6.45, 7) is 1.40. The predicted octanol–water partition coefficient (Wildman–Crippen LogP) is 3.14. The van der Waals surface area contributed by atoms with Gasteiger partial charge in [0.25, 0.3) is 0 Å². The molecule has 0 radical (unpaired) electrons. The maximum Gasteiger partial charge on any atom is 0.356 e. The summed E-state index contributed by atoms with van der Waals surface area (Å²) in [5.74, 6) is 0.208. The van der Waals surface area contributed by atoms with Gasteiger partial charge < -0.3 is 14.7 Å². The van der Waals surface area contributed by atoms with Crippen LogP contribution in [-0.2, 0) is 0 Å². The Morgan fingerprint density at radius 1 is 1.26 bits per heavy atom. The molecule has 2 heterocycles. The number of ether oxygens (including phenoxy) is 1. The molecule has 1 unspecified atom stereocenters. The van der Waals surface area contributed by atoms with Gasteiger partial charge in [-0.05, 0) is 12.1 Å². The Hall–Kier alpha value is -2.05. The molecule has 1 atom stereocenters. The third-order valence-corrected chi connectivity index (χ3v) is 4.26. The molecular formula is C15H13Cl2N3O3. The zero-order chi connectivity index (χ0) is 16.4. The highest BCUT2D eigenvalue weighted by Crippen LogP contribution is 2.28. The van der Waals surface area contributed by atoms with Crippen LogP contribution in [0, 0.1) is 0 Å². The van der Waals surface area contributed by atoms with E-state index in [1.165, 1.54) is 12.4 Å². The fraction of sp³-hybridized carbons (Fsp3) is 0.267. The Bertz CT molecular complexity index is 724. The van der Waals surface area contributed by atoms with Crippen LogP contribution in [0.4, 0.5) is 5.82 Å². The molecule has 1 N–H and O–H groups in total. The van der Waals surface area contributed by atoms with Gasteiger partial charge in [0.15, 0.2) is 5.69 Å². The number of benzene rings is 1. The highest BCUT2D eigenvalue weighted by atomic mass is 35.5. The Labute approximate surface area is 142 Å². The Kier molecular flexibility index (Phi) is 4.54. The molecule has 1 aromatic heterocycles. The van der Waals surface area contributed by atoms with E-state index in [9.17, 15) is 4.79 Å². The van der Waals surface area contributed by atoms with Crippen LogP contribution in [0.3, 0.4) is 0 Å². The molecule has 1 aliphatic rings. The van der Waals surface area contributed by atoms with Gasteiger partial charge in [0.2, 0.25) is 0 Å². The Balaban J connectivity index is 1.63. The van der Waals surface area contributed by atoms with Crippen molar-refractivity contribution >= 4 is 35.0 Å². The standard InChI is InChI=1S/C15H13Cl2N3O3/c16-11-2-1-9(5-12(11)17)23-10-3-4-20(8-10)14-7-18-13(6-19-14)15(21)22/h1-2,5-7,10H,3-4,8H2,(H,21,22). The number of aromatic nitrogens is 2. The minimum absolute atomic E-state index is 0.00630. The Morgan fingerprint density at radius 3 is 2.74 bits per heavy atom. The molecule has 120 valence electrons. The minimum atomic E-state index is -1.09. The fourth-order valence-corrected chi connectivity index (χ4v) is 2.66. The number of nitrogens with zero attached hydrogens (tertiary/aromatic N) is 3. The maximum absolute atomic E-state index is 10.8. The summed E-state index contributed by atoms with van der Waals surface area (Å²) < 4.78 is 5.90. The van der Waals surface area contributed by atoms with Crippen molar-refractivity contribution in [1.29, 1.82) is 0 Å². The molecule has 3 rings (SSSR count). The molecule has 2 aromatic rings. The molecule has 23 heavy (non-hydrogen) atoms. The number of carboxylic acids is 1. The molecule has 0 aliphatic carbocycles. The van der Waals surface area contributed by atoms with Gasteiger partial charge >= 0.3 is 5.97 Å². The van der Waals surface area contributed by atoms with Crippen LogP contribution in [-0.4, -0.2) is 40.2 Å². The average Bonchev–Trinajstić information content (AvgIpc) is 2.99. The number of hydrogen-bond donors (Lipinski definition) is 1. The molecule has 1 aliphatic heterocycles. The smallest absolute Gasteiger partial charge is 0.356 e. The highest BCUT2D eigenvalue weighted by Gasteiger charge is 2.25. The lowest BCUT2D eigenvalue weighted by Crippen LogP contribution is -2.25. The zero-order valence-corrected chi connectivity index (χ0v) is 13.5. The molecule has 0 spiro atoms. The average molecular weight is 354 g/mol. The first-order valence-corrected chi connectivity index (χ1v) is 7.70. The number of carbonyl (C=O) groups is 1. The summed E-state index contributed by atoms with van der Waals surface area (Å²) in [6, 6.07) is 5.16. The summed E-state index contributed by atoms with van der Waals surface area (Å²) in [5, 5.41) is 9.77. The Morgan fingerprint density at radius 2 is 2.09 bits per heavy atom. The number of carboxylic acid groups (broad SMARTS) is 1. The van der Waals surface area contributed by atoms with Gasteiger partial charge in [-0.1, -0.05) is 23.2 Å². The van der Waals surface area contributed by atoms with Gasteiger partial charge in [-0.3, -0.25) is 0 Å². The van der Waals surface area contributed by atoms with Crippen molar-refractivity contribution in [3.8, 4) is 5.75 Å². The third kappa shape index (κ3) is 3.65. The van der Waals surface area contributed by atoms with Crippen molar-refractivity contribution in [3.05, 3.63) is 46.3 Å². The van der Waals surface area contributed by atoms with Crippen LogP contribution in [0.25, 0.3) is 0 Å². The van der Waals surface area contributed by atoms with Crippen molar-refractivity contribution < 1.29 is 14.6 Å². The van der Waals surface area contributed by atoms with Gasteiger partial charge in [0.05, 0.1) is 29.0 Å². The molecule has 6 nitrogen and oxygen atoms in total. The number of halogens is 2. The van der Waals surface area contributed by atoms with Crippen LogP contribution < -0.4 is 9.64 Å². The lowest BCUT2D eigenvalue weighted by Gasteiger charge is -2.17. The molecule has 1 saturated heterocycles. The van der Waals surface area contributed by atoms with Crippen molar-refractivity contribution in [1.82, 2.24) is 9.97 Å². The lowest BCUT2D eigenvalue weighted by molar-refractivity contribution is 0.0690. The number of aromatic carboxylic acids is 1. The molecule has 1 aromatic carbocycles. The van der Waals surface area contributed by atoms with Crippen molar-refractivity contribution in [2.75, 3.05) is 18.0 Å². The van der Waals surface area contributed by atoms with Crippen LogP contribution in [0.5, 0.6) is 5.75 Å². The summed E-state index contributed by atoms with van der Waals surface area (Å²) in [4.78, 5) is 20.8. The van der Waals surface area contributed by atoms with Gasteiger partial charge in [0, 0.05) is 19.0 Å². The molecule has 0 saturated carbocycles.